The number of ether oxygens (including phenoxy) is 2. The van der Waals surface area contributed by atoms with Gasteiger partial charge in [0.15, 0.2) is 17.3 Å². The van der Waals surface area contributed by atoms with Crippen molar-refractivity contribution >= 4 is 68.1 Å². The van der Waals surface area contributed by atoms with Crippen molar-refractivity contribution in [3.05, 3.63) is 92.9 Å². The highest BCUT2D eigenvalue weighted by Gasteiger charge is 2.35. The molecule has 1 aromatic heterocycles. The Hall–Kier alpha value is -3.32. The third-order valence-electron chi connectivity index (χ3n) is 5.39. The lowest BCUT2D eigenvalue weighted by molar-refractivity contribution is -0.113. The van der Waals surface area contributed by atoms with Crippen LogP contribution in [0.3, 0.4) is 0 Å². The van der Waals surface area contributed by atoms with Crippen LogP contribution in [0, 0.1) is 0 Å². The Morgan fingerprint density at radius 1 is 0.941 bits per heavy atom. The molecule has 0 aliphatic carbocycles. The van der Waals surface area contributed by atoms with E-state index in [9.17, 15) is 4.79 Å². The Bertz CT molecular complexity index is 1480. The van der Waals surface area contributed by atoms with Crippen molar-refractivity contribution in [3.8, 4) is 11.5 Å². The molecule has 1 amide bonds. The molecule has 5 nitrogen and oxygen atoms in total. The van der Waals surface area contributed by atoms with Crippen LogP contribution in [0.1, 0.15) is 10.4 Å². The van der Waals surface area contributed by atoms with Crippen molar-refractivity contribution in [3.63, 3.8) is 0 Å². The number of nitrogens with zero attached hydrogens (tertiary/aromatic N) is 2. The monoisotopic (exact) mass is 508 g/mol. The second kappa shape index (κ2) is 9.14. The second-order valence-electron chi connectivity index (χ2n) is 7.44. The molecule has 0 bridgehead atoms. The Kier molecular flexibility index (Phi) is 6.04. The number of hydrogen-bond acceptors (Lipinski definition) is 5. The minimum Gasteiger partial charge on any atom is -0.493 e. The number of methoxy groups -OCH3 is 2. The van der Waals surface area contributed by atoms with E-state index in [0.717, 1.165) is 20.5 Å². The average molecular weight is 509 g/mol. The zero-order chi connectivity index (χ0) is 23.8. The van der Waals surface area contributed by atoms with Gasteiger partial charge in [-0.3, -0.25) is 9.69 Å². The van der Waals surface area contributed by atoms with Gasteiger partial charge in [-0.25, -0.2) is 4.99 Å². The van der Waals surface area contributed by atoms with Crippen LogP contribution in [0.4, 0.5) is 5.69 Å². The van der Waals surface area contributed by atoms with E-state index in [1.807, 2.05) is 30.3 Å². The maximum atomic E-state index is 13.6. The van der Waals surface area contributed by atoms with Crippen LogP contribution in [-0.2, 0) is 4.79 Å². The highest BCUT2D eigenvalue weighted by Crippen LogP contribution is 2.39. The highest BCUT2D eigenvalue weighted by molar-refractivity contribution is 7.21. The van der Waals surface area contributed by atoms with Crippen molar-refractivity contribution in [1.82, 2.24) is 0 Å². The molecular weight excluding hydrogens is 491 g/mol. The lowest BCUT2D eigenvalue weighted by Gasteiger charge is -2.18. The standard InChI is InChI=1S/C26H18Cl2N2O3S/c1-32-20-12-7-15(14-21(20)33-2)13-19-26(31)30(17-10-8-16(27)9-11-17)25(29-19)24-23(28)18-5-3-4-6-22(18)34-24/h3-14H,1-2H3/b19-13+. The first kappa shape index (κ1) is 22.5. The third-order valence-corrected chi connectivity index (χ3v) is 7.32. The summed E-state index contributed by atoms with van der Waals surface area (Å²) >= 11 is 14.4. The molecule has 5 rings (SSSR count). The molecule has 0 N–H and O–H groups in total. The molecule has 0 radical (unpaired) electrons. The summed E-state index contributed by atoms with van der Waals surface area (Å²) in [6.45, 7) is 0. The number of amidine groups is 1. The van der Waals surface area contributed by atoms with Gasteiger partial charge in [0.2, 0.25) is 0 Å². The number of aliphatic imine (C=N–C) groups is 1. The van der Waals surface area contributed by atoms with Crippen molar-refractivity contribution in [2.45, 2.75) is 0 Å². The molecule has 0 spiro atoms. The van der Waals surface area contributed by atoms with Gasteiger partial charge in [0.05, 0.1) is 29.8 Å². The van der Waals surface area contributed by atoms with Crippen LogP contribution >= 0.6 is 34.5 Å². The smallest absolute Gasteiger partial charge is 0.282 e. The van der Waals surface area contributed by atoms with Crippen molar-refractivity contribution in [1.29, 1.82) is 0 Å². The molecule has 8 heteroatoms. The molecule has 34 heavy (non-hydrogen) atoms. The van der Waals surface area contributed by atoms with Gasteiger partial charge >= 0.3 is 0 Å². The van der Waals surface area contributed by atoms with E-state index in [0.29, 0.717) is 33.1 Å². The van der Waals surface area contributed by atoms with E-state index in [4.69, 9.17) is 37.7 Å². The highest BCUT2D eigenvalue weighted by atomic mass is 35.5. The van der Waals surface area contributed by atoms with Gasteiger partial charge < -0.3 is 9.47 Å². The summed E-state index contributed by atoms with van der Waals surface area (Å²) < 4.78 is 11.7. The molecule has 0 saturated carbocycles. The van der Waals surface area contributed by atoms with Gasteiger partial charge in [0, 0.05) is 15.1 Å². The molecule has 3 aromatic carbocycles. The number of benzene rings is 3. The molecule has 0 unspecified atom stereocenters. The number of carbonyl (C=O) groups excluding carboxylic acids is 1. The summed E-state index contributed by atoms with van der Waals surface area (Å²) in [7, 11) is 3.14. The molecule has 0 atom stereocenters. The van der Waals surface area contributed by atoms with Gasteiger partial charge in [-0.05, 0) is 54.1 Å². The van der Waals surface area contributed by atoms with Gasteiger partial charge in [0.25, 0.3) is 5.91 Å². The Labute approximate surface area is 210 Å². The van der Waals surface area contributed by atoms with E-state index in [2.05, 4.69) is 0 Å². The number of amides is 1. The predicted molar refractivity (Wildman–Crippen MR) is 140 cm³/mol. The van der Waals surface area contributed by atoms with E-state index >= 15 is 0 Å². The first-order valence-corrected chi connectivity index (χ1v) is 11.9. The molecular formula is C26H18Cl2N2O3S. The maximum absolute atomic E-state index is 13.6. The van der Waals surface area contributed by atoms with Crippen LogP contribution in [0.25, 0.3) is 16.2 Å². The second-order valence-corrected chi connectivity index (χ2v) is 9.30. The SMILES string of the molecule is COc1ccc(/C=C2/N=C(c3sc4ccccc4c3Cl)N(c3ccc(Cl)cc3)C2=O)cc1OC. The fourth-order valence-electron chi connectivity index (χ4n) is 3.76. The number of anilines is 1. The maximum Gasteiger partial charge on any atom is 0.282 e. The van der Waals surface area contributed by atoms with Crippen molar-refractivity contribution < 1.29 is 14.3 Å². The van der Waals surface area contributed by atoms with Crippen LogP contribution < -0.4 is 14.4 Å². The largest absolute Gasteiger partial charge is 0.493 e. The lowest BCUT2D eigenvalue weighted by atomic mass is 10.1. The zero-order valence-electron chi connectivity index (χ0n) is 18.2. The van der Waals surface area contributed by atoms with E-state index in [1.54, 1.807) is 61.6 Å². The minimum atomic E-state index is -0.263. The van der Waals surface area contributed by atoms with Crippen LogP contribution in [0.2, 0.25) is 10.0 Å². The molecule has 2 heterocycles. The van der Waals surface area contributed by atoms with Gasteiger partial charge in [-0.2, -0.15) is 0 Å². The molecule has 1 aliphatic rings. The Morgan fingerprint density at radius 2 is 1.68 bits per heavy atom. The number of halogens is 2. The lowest BCUT2D eigenvalue weighted by Crippen LogP contribution is -2.32. The fraction of sp³-hybridized carbons (Fsp3) is 0.0769. The van der Waals surface area contributed by atoms with Crippen molar-refractivity contribution in [2.24, 2.45) is 4.99 Å². The number of hydrogen-bond donors (Lipinski definition) is 0. The van der Waals surface area contributed by atoms with Gasteiger partial charge in [0.1, 0.15) is 5.70 Å². The van der Waals surface area contributed by atoms with Gasteiger partial charge in [-0.15, -0.1) is 11.3 Å². The number of rotatable bonds is 5. The molecule has 170 valence electrons. The summed E-state index contributed by atoms with van der Waals surface area (Å²) in [5, 5.41) is 2.07. The van der Waals surface area contributed by atoms with Crippen LogP contribution in [0.15, 0.2) is 77.4 Å². The number of fused-ring (bicyclic) bond motifs is 1. The average Bonchev–Trinajstić information content (AvgIpc) is 3.36. The summed E-state index contributed by atoms with van der Waals surface area (Å²) in [6, 6.07) is 20.3. The minimum absolute atomic E-state index is 0.263. The summed E-state index contributed by atoms with van der Waals surface area (Å²) in [5.74, 6) is 1.38. The summed E-state index contributed by atoms with van der Waals surface area (Å²) in [4.78, 5) is 20.6. The fourth-order valence-corrected chi connectivity index (χ4v) is 5.38. The first-order chi connectivity index (χ1) is 16.5. The predicted octanol–water partition coefficient (Wildman–Crippen LogP) is 7.06. The summed E-state index contributed by atoms with van der Waals surface area (Å²) in [6.07, 6.45) is 1.72. The normalized spacial score (nSPS) is 14.7. The van der Waals surface area contributed by atoms with E-state index in [-0.39, 0.29) is 11.6 Å². The first-order valence-electron chi connectivity index (χ1n) is 10.3. The van der Waals surface area contributed by atoms with E-state index in [1.165, 1.54) is 11.3 Å². The molecule has 0 saturated heterocycles. The summed E-state index contributed by atoms with van der Waals surface area (Å²) in [5.41, 5.74) is 1.69. The van der Waals surface area contributed by atoms with Gasteiger partial charge in [-0.1, -0.05) is 47.5 Å². The molecule has 0 fully saturated rings. The Morgan fingerprint density at radius 3 is 2.38 bits per heavy atom. The topological polar surface area (TPSA) is 51.1 Å². The number of carbonyl (C=O) groups is 1. The van der Waals surface area contributed by atoms with Crippen LogP contribution in [0.5, 0.6) is 11.5 Å². The van der Waals surface area contributed by atoms with E-state index < -0.39 is 0 Å². The quantitative estimate of drug-likeness (QED) is 0.271. The van der Waals surface area contributed by atoms with Crippen LogP contribution in [-0.4, -0.2) is 26.0 Å². The molecule has 1 aliphatic heterocycles. The molecule has 4 aromatic rings. The number of thiophene rings is 1. The zero-order valence-corrected chi connectivity index (χ0v) is 20.5. The van der Waals surface area contributed by atoms with Crippen molar-refractivity contribution in [2.75, 3.05) is 19.1 Å². The Balaban J connectivity index is 1.66. The third kappa shape index (κ3) is 3.94.